The van der Waals surface area contributed by atoms with Crippen LogP contribution in [-0.4, -0.2) is 16.4 Å². The van der Waals surface area contributed by atoms with Crippen molar-refractivity contribution >= 4 is 40.6 Å². The second-order valence-corrected chi connectivity index (χ2v) is 36.7. The van der Waals surface area contributed by atoms with E-state index in [1.807, 2.05) is 6.92 Å². The van der Waals surface area contributed by atoms with Crippen molar-refractivity contribution in [3.8, 4) is 0 Å². The van der Waals surface area contributed by atoms with Crippen LogP contribution in [0.2, 0.25) is 47.2 Å². The average Bonchev–Trinajstić information content (AvgIpc) is 3.28. The van der Waals surface area contributed by atoms with Gasteiger partial charge in [0.25, 0.3) is 0 Å². The van der Waals surface area contributed by atoms with Gasteiger partial charge in [0.05, 0.1) is 0 Å². The summed E-state index contributed by atoms with van der Waals surface area (Å²) in [5.74, 6) is 0.581. The summed E-state index contributed by atoms with van der Waals surface area (Å²) in [5, 5.41) is 0. The van der Waals surface area contributed by atoms with Crippen molar-refractivity contribution in [2.24, 2.45) is 0 Å². The van der Waals surface area contributed by atoms with Crippen LogP contribution >= 0.6 is 34.8 Å². The van der Waals surface area contributed by atoms with E-state index in [2.05, 4.69) is 0 Å². The average molecular weight is 375 g/mol. The molecule has 10 rings (SSSR count). The molecule has 0 amide bonds. The number of Topliss-reactive ketones (excluding diaryl/α,β-unsaturated/α-hetero) is 1. The Morgan fingerprint density at radius 3 is 1.90 bits per heavy atom. The number of ether oxygens (including phenoxy) is 1. The maximum atomic E-state index is 12.7. The van der Waals surface area contributed by atoms with Gasteiger partial charge in [-0.1, -0.05) is 0 Å². The number of hydrogen-bond acceptors (Lipinski definition) is 2. The summed E-state index contributed by atoms with van der Waals surface area (Å²) in [7, 11) is 0. The molecule has 0 bridgehead atoms. The number of halogens is 3. The molecule has 0 aromatic carbocycles. The first kappa shape index (κ1) is 9.35. The number of fused-ring (bicyclic) bond motifs is 10. The molecule has 0 N–H and O–H groups in total. The van der Waals surface area contributed by atoms with Gasteiger partial charge in [0.2, 0.25) is 0 Å². The third-order valence-electron chi connectivity index (χ3n) is 16.1. The Kier molecular flexibility index (Phi) is 0.391. The normalized spacial score (nSPS) is 108. The van der Waals surface area contributed by atoms with Gasteiger partial charge in [-0.15, -0.1) is 0 Å². The summed E-state index contributed by atoms with van der Waals surface area (Å²) in [5.41, 5.74) is 0. The van der Waals surface area contributed by atoms with Crippen LogP contribution in [0.25, 0.3) is 0 Å². The molecule has 0 radical (unpaired) electrons. The molecule has 10 fully saturated rings. The molecular weight excluding hydrogens is 362 g/mol. The summed E-state index contributed by atoms with van der Waals surface area (Å²) in [4.78, 5) is 20.7. The van der Waals surface area contributed by atoms with E-state index in [1.165, 1.54) is 0 Å². The molecule has 10 heterocycles. The summed E-state index contributed by atoms with van der Waals surface area (Å²) >= 11 is 17.6. The number of ketones is 1. The van der Waals surface area contributed by atoms with Crippen LogP contribution in [0.5, 0.6) is 0 Å². The molecule has 20 heavy (non-hydrogen) atoms. The van der Waals surface area contributed by atoms with Gasteiger partial charge in [-0.3, -0.25) is 0 Å². The predicted molar refractivity (Wildman–Crippen MR) is 72.3 cm³/mol. The Balaban J connectivity index is 1.40. The van der Waals surface area contributed by atoms with Crippen molar-refractivity contribution < 1.29 is 16.0 Å². The van der Waals surface area contributed by atoms with Gasteiger partial charge in [0.15, 0.2) is 0 Å². The number of alkyl halides is 3. The molecule has 0 aromatic rings. The van der Waals surface area contributed by atoms with E-state index in [-0.39, 0.29) is 4.31 Å². The topological polar surface area (TPSA) is 26.3 Å². The van der Waals surface area contributed by atoms with Crippen molar-refractivity contribution in [1.29, 1.82) is 0 Å². The minimum atomic E-state index is -3.61. The van der Waals surface area contributed by atoms with E-state index in [9.17, 15) is 4.79 Å². The Labute approximate surface area is 121 Å². The van der Waals surface area contributed by atoms with Crippen LogP contribution < -0.4 is 0 Å². The molecule has 1 spiro atoms. The summed E-state index contributed by atoms with van der Waals surface area (Å²) < 4.78 is 4.85. The summed E-state index contributed by atoms with van der Waals surface area (Å²) in [6.07, 6.45) is 0. The first-order chi connectivity index (χ1) is 9.08. The SMILES string of the molecule is CC(=O)[C]12[CH]3[CH]4[CH]5[CH]1[Fe]45321678[CH]2[CH]1[CH]6[C]7(COC(Cl)(Cl)Cl)[CH]28. The molecule has 8 unspecified atom stereocenters. The Bertz CT molecular complexity index is 1130. The van der Waals surface area contributed by atoms with E-state index >= 15 is 0 Å². The number of carbonyl (C=O) groups excluding carboxylic acids is 1. The third-order valence-corrected chi connectivity index (χ3v) is 59.9. The third kappa shape index (κ3) is 0.107. The molecule has 2 nitrogen and oxygen atoms in total. The van der Waals surface area contributed by atoms with Gasteiger partial charge in [0.1, 0.15) is 0 Å². The van der Waals surface area contributed by atoms with Crippen LogP contribution in [0.3, 0.4) is 0 Å². The Morgan fingerprint density at radius 1 is 1.10 bits per heavy atom. The standard InChI is InChI=1S/C7H6Cl3O.C7H7O.Fe/c8-7(9,10)11-5-6-3-1-2-4-6;1-6(8)7-4-2-3-5-7;/h1-4H,5H2;2-5H,1H3;. The molecule has 8 atom stereocenters. The van der Waals surface area contributed by atoms with E-state index in [1.54, 1.807) is 0 Å². The molecule has 10 aliphatic rings. The molecule has 0 saturated carbocycles. The maximum absolute atomic E-state index is 12.7. The molecule has 10 saturated heterocycles. The van der Waals surface area contributed by atoms with Gasteiger partial charge in [-0.05, 0) is 0 Å². The quantitative estimate of drug-likeness (QED) is 0.510. The van der Waals surface area contributed by atoms with Crippen LogP contribution in [0.4, 0.5) is 0 Å². The van der Waals surface area contributed by atoms with Crippen molar-refractivity contribution in [3.63, 3.8) is 0 Å². The van der Waals surface area contributed by atoms with Crippen LogP contribution in [0.15, 0.2) is 0 Å². The van der Waals surface area contributed by atoms with Gasteiger partial charge in [0, 0.05) is 0 Å². The minimum absolute atomic E-state index is 0.283. The summed E-state index contributed by atoms with van der Waals surface area (Å²) in [6.45, 7) is -1.02. The fourth-order valence-corrected chi connectivity index (χ4v) is 95.5. The van der Waals surface area contributed by atoms with Crippen molar-refractivity contribution in [2.75, 3.05) is 6.61 Å². The molecule has 6 heteroatoms. The van der Waals surface area contributed by atoms with Crippen LogP contribution in [-0.2, 0) is 16.0 Å². The van der Waals surface area contributed by atoms with Crippen molar-refractivity contribution in [2.45, 2.75) is 58.1 Å². The molecule has 0 aromatic heterocycles. The number of rotatable bonds is 3. The number of hydrogen-bond donors (Lipinski definition) is 0. The molecule has 0 aliphatic carbocycles. The monoisotopic (exact) mass is 374 g/mol. The number of carbonyl (C=O) groups is 1. The van der Waals surface area contributed by atoms with E-state index < -0.39 is 10.5 Å². The van der Waals surface area contributed by atoms with Gasteiger partial charge in [-0.25, -0.2) is 0 Å². The molecule has 110 valence electrons. The first-order valence-electron chi connectivity index (χ1n) is 7.51. The van der Waals surface area contributed by atoms with E-state index in [0.717, 1.165) is 38.5 Å². The zero-order chi connectivity index (χ0) is 13.4. The van der Waals surface area contributed by atoms with Crippen LogP contribution in [0, 0.1) is 0 Å². The van der Waals surface area contributed by atoms with Gasteiger partial charge in [-0.2, -0.15) is 0 Å². The zero-order valence-electron chi connectivity index (χ0n) is 10.6. The second kappa shape index (κ2) is 0.837. The Hall–Kier alpha value is 1.02. The Morgan fingerprint density at radius 2 is 1.60 bits per heavy atom. The van der Waals surface area contributed by atoms with Crippen molar-refractivity contribution in [1.82, 2.24) is 0 Å². The predicted octanol–water partition coefficient (Wildman–Crippen LogP) is 5.05. The van der Waals surface area contributed by atoms with Crippen molar-refractivity contribution in [3.05, 3.63) is 0 Å². The van der Waals surface area contributed by atoms with Crippen LogP contribution in [0.1, 0.15) is 6.92 Å². The van der Waals surface area contributed by atoms with Gasteiger partial charge < -0.3 is 0 Å². The molecule has 10 aliphatic heterocycles. The fourth-order valence-electron chi connectivity index (χ4n) is 18.6. The second-order valence-electron chi connectivity index (χ2n) is 11.2. The van der Waals surface area contributed by atoms with Gasteiger partial charge >= 0.3 is 121 Å². The van der Waals surface area contributed by atoms with E-state index in [4.69, 9.17) is 39.5 Å². The zero-order valence-corrected chi connectivity index (χ0v) is 14.0. The fraction of sp³-hybridized carbons (Fsp3) is 0.929. The summed E-state index contributed by atoms with van der Waals surface area (Å²) in [6, 6.07) is 0. The van der Waals surface area contributed by atoms with E-state index in [0.29, 0.717) is 16.7 Å². The first-order valence-corrected chi connectivity index (χ1v) is 14.8. The molecular formula is C14H13Cl3FeO2.